The average molecular weight is 347 g/mol. The monoisotopic (exact) mass is 347 g/mol. The second-order valence-electron chi connectivity index (χ2n) is 5.78. The number of nitrogens with one attached hydrogen (secondary N) is 1. The van der Waals surface area contributed by atoms with Crippen LogP contribution in [-0.2, 0) is 20.7 Å². The molecular weight excluding hydrogens is 328 g/mol. The number of halogens is 2. The second-order valence-corrected chi connectivity index (χ2v) is 5.78. The van der Waals surface area contributed by atoms with Crippen molar-refractivity contribution in [2.75, 3.05) is 6.61 Å². The van der Waals surface area contributed by atoms with Gasteiger partial charge in [-0.05, 0) is 25.5 Å². The van der Waals surface area contributed by atoms with Crippen LogP contribution >= 0.6 is 0 Å². The normalized spacial score (nSPS) is 11.7. The number of ether oxygens (including phenoxy) is 1. The molecule has 1 amide bonds. The summed E-state index contributed by atoms with van der Waals surface area (Å²) in [6.07, 6.45) is 0.0652. The van der Waals surface area contributed by atoms with E-state index in [1.165, 1.54) is 6.07 Å². The zero-order valence-electron chi connectivity index (χ0n) is 14.0. The summed E-state index contributed by atoms with van der Waals surface area (Å²) in [4.78, 5) is 23.6. The SMILES string of the molecule is Cc1ccc(CC(=O)OCC(=O)N[C@H](C)c2ccc(F)cc2F)cc1. The highest BCUT2D eigenvalue weighted by Crippen LogP contribution is 2.17. The van der Waals surface area contributed by atoms with Crippen molar-refractivity contribution < 1.29 is 23.1 Å². The highest BCUT2D eigenvalue weighted by atomic mass is 19.1. The summed E-state index contributed by atoms with van der Waals surface area (Å²) in [6, 6.07) is 9.85. The first-order valence-electron chi connectivity index (χ1n) is 7.80. The van der Waals surface area contributed by atoms with Crippen LogP contribution in [0.1, 0.15) is 29.7 Å². The van der Waals surface area contributed by atoms with E-state index in [1.54, 1.807) is 6.92 Å². The second kappa shape index (κ2) is 8.37. The van der Waals surface area contributed by atoms with Gasteiger partial charge in [-0.2, -0.15) is 0 Å². The Kier molecular flexibility index (Phi) is 6.22. The van der Waals surface area contributed by atoms with Gasteiger partial charge in [0.25, 0.3) is 5.91 Å². The zero-order chi connectivity index (χ0) is 18.4. The Labute approximate surface area is 144 Å². The van der Waals surface area contributed by atoms with Gasteiger partial charge in [0.2, 0.25) is 0 Å². The number of carbonyl (C=O) groups excluding carboxylic acids is 2. The van der Waals surface area contributed by atoms with Crippen molar-refractivity contribution in [3.8, 4) is 0 Å². The number of rotatable bonds is 6. The summed E-state index contributed by atoms with van der Waals surface area (Å²) in [5.74, 6) is -2.53. The summed E-state index contributed by atoms with van der Waals surface area (Å²) >= 11 is 0. The molecule has 0 saturated heterocycles. The van der Waals surface area contributed by atoms with E-state index < -0.39 is 36.2 Å². The fourth-order valence-electron chi connectivity index (χ4n) is 2.28. The van der Waals surface area contributed by atoms with Crippen molar-refractivity contribution in [2.45, 2.75) is 26.3 Å². The largest absolute Gasteiger partial charge is 0.455 e. The Bertz CT molecular complexity index is 760. The predicted octanol–water partition coefficient (Wildman–Crippen LogP) is 3.24. The Morgan fingerprint density at radius 3 is 2.44 bits per heavy atom. The third-order valence-electron chi connectivity index (χ3n) is 3.64. The number of carbonyl (C=O) groups is 2. The highest BCUT2D eigenvalue weighted by Gasteiger charge is 2.15. The predicted molar refractivity (Wildman–Crippen MR) is 88.8 cm³/mol. The third-order valence-corrected chi connectivity index (χ3v) is 3.64. The van der Waals surface area contributed by atoms with Gasteiger partial charge in [-0.15, -0.1) is 0 Å². The molecule has 0 aliphatic heterocycles. The molecule has 0 radical (unpaired) electrons. The van der Waals surface area contributed by atoms with Gasteiger partial charge >= 0.3 is 5.97 Å². The van der Waals surface area contributed by atoms with Gasteiger partial charge in [-0.25, -0.2) is 8.78 Å². The van der Waals surface area contributed by atoms with Gasteiger partial charge < -0.3 is 10.1 Å². The average Bonchev–Trinajstić information content (AvgIpc) is 2.55. The summed E-state index contributed by atoms with van der Waals surface area (Å²) in [7, 11) is 0. The van der Waals surface area contributed by atoms with Crippen LogP contribution in [0.25, 0.3) is 0 Å². The number of benzene rings is 2. The Morgan fingerprint density at radius 2 is 1.80 bits per heavy atom. The molecule has 2 aromatic carbocycles. The van der Waals surface area contributed by atoms with E-state index in [9.17, 15) is 18.4 Å². The molecule has 4 nitrogen and oxygen atoms in total. The van der Waals surface area contributed by atoms with Crippen molar-refractivity contribution in [1.29, 1.82) is 0 Å². The maximum absolute atomic E-state index is 13.7. The van der Waals surface area contributed by atoms with Gasteiger partial charge in [0.15, 0.2) is 6.61 Å². The summed E-state index contributed by atoms with van der Waals surface area (Å²) in [5.41, 5.74) is 2.02. The van der Waals surface area contributed by atoms with Gasteiger partial charge in [0, 0.05) is 11.6 Å². The van der Waals surface area contributed by atoms with E-state index in [0.29, 0.717) is 0 Å². The van der Waals surface area contributed by atoms with E-state index >= 15 is 0 Å². The molecular formula is C19H19F2NO3. The maximum atomic E-state index is 13.7. The Balaban J connectivity index is 1.81. The van der Waals surface area contributed by atoms with Crippen LogP contribution in [0.4, 0.5) is 8.78 Å². The molecule has 132 valence electrons. The van der Waals surface area contributed by atoms with E-state index in [2.05, 4.69) is 5.32 Å². The van der Waals surface area contributed by atoms with E-state index in [1.807, 2.05) is 31.2 Å². The highest BCUT2D eigenvalue weighted by molar-refractivity contribution is 5.81. The lowest BCUT2D eigenvalue weighted by atomic mass is 10.1. The molecule has 1 atom stereocenters. The van der Waals surface area contributed by atoms with Crippen molar-refractivity contribution in [3.63, 3.8) is 0 Å². The van der Waals surface area contributed by atoms with Crippen LogP contribution < -0.4 is 5.32 Å². The molecule has 6 heteroatoms. The van der Waals surface area contributed by atoms with Crippen molar-refractivity contribution >= 4 is 11.9 Å². The van der Waals surface area contributed by atoms with Crippen LogP contribution in [0.5, 0.6) is 0 Å². The van der Waals surface area contributed by atoms with Gasteiger partial charge in [-0.1, -0.05) is 35.9 Å². The lowest BCUT2D eigenvalue weighted by Crippen LogP contribution is -2.31. The van der Waals surface area contributed by atoms with Gasteiger partial charge in [-0.3, -0.25) is 9.59 Å². The maximum Gasteiger partial charge on any atom is 0.310 e. The molecule has 0 aliphatic rings. The van der Waals surface area contributed by atoms with E-state index in [4.69, 9.17) is 4.74 Å². The number of hydrogen-bond donors (Lipinski definition) is 1. The summed E-state index contributed by atoms with van der Waals surface area (Å²) in [6.45, 7) is 3.04. The first-order valence-corrected chi connectivity index (χ1v) is 7.80. The van der Waals surface area contributed by atoms with Crippen LogP contribution in [0.15, 0.2) is 42.5 Å². The fourth-order valence-corrected chi connectivity index (χ4v) is 2.28. The molecule has 2 aromatic rings. The minimum atomic E-state index is -0.746. The molecule has 25 heavy (non-hydrogen) atoms. The van der Waals surface area contributed by atoms with Crippen LogP contribution in [0.3, 0.4) is 0 Å². The molecule has 0 aliphatic carbocycles. The number of aryl methyl sites for hydroxylation is 1. The van der Waals surface area contributed by atoms with Crippen LogP contribution in [-0.4, -0.2) is 18.5 Å². The molecule has 0 unspecified atom stereocenters. The molecule has 0 aromatic heterocycles. The first kappa shape index (κ1) is 18.6. The van der Waals surface area contributed by atoms with Crippen molar-refractivity contribution in [1.82, 2.24) is 5.32 Å². The minimum Gasteiger partial charge on any atom is -0.455 e. The van der Waals surface area contributed by atoms with Gasteiger partial charge in [0.1, 0.15) is 11.6 Å². The Morgan fingerprint density at radius 1 is 1.12 bits per heavy atom. The number of amides is 1. The summed E-state index contributed by atoms with van der Waals surface area (Å²) < 4.78 is 31.5. The molecule has 0 spiro atoms. The summed E-state index contributed by atoms with van der Waals surface area (Å²) in [5, 5.41) is 2.50. The smallest absolute Gasteiger partial charge is 0.310 e. The number of esters is 1. The van der Waals surface area contributed by atoms with E-state index in [0.717, 1.165) is 23.3 Å². The molecule has 1 N–H and O–H groups in total. The molecule has 2 rings (SSSR count). The molecule has 0 fully saturated rings. The van der Waals surface area contributed by atoms with Crippen molar-refractivity contribution in [2.24, 2.45) is 0 Å². The lowest BCUT2D eigenvalue weighted by molar-refractivity contribution is -0.148. The fraction of sp³-hybridized carbons (Fsp3) is 0.263. The quantitative estimate of drug-likeness (QED) is 0.816. The number of hydrogen-bond acceptors (Lipinski definition) is 3. The lowest BCUT2D eigenvalue weighted by Gasteiger charge is -2.15. The van der Waals surface area contributed by atoms with Crippen LogP contribution in [0, 0.1) is 18.6 Å². The molecule has 0 heterocycles. The molecule has 0 bridgehead atoms. The Hall–Kier alpha value is -2.76. The topological polar surface area (TPSA) is 55.4 Å². The third kappa shape index (κ3) is 5.67. The van der Waals surface area contributed by atoms with E-state index in [-0.39, 0.29) is 12.0 Å². The first-order chi connectivity index (χ1) is 11.8. The standard InChI is InChI=1S/C19H19F2NO3/c1-12-3-5-14(6-4-12)9-19(24)25-11-18(23)22-13(2)16-8-7-15(20)10-17(16)21/h3-8,10,13H,9,11H2,1-2H3,(H,22,23)/t13-/m1/s1. The van der Waals surface area contributed by atoms with Crippen LogP contribution in [0.2, 0.25) is 0 Å². The zero-order valence-corrected chi connectivity index (χ0v) is 14.0. The van der Waals surface area contributed by atoms with Crippen molar-refractivity contribution in [3.05, 3.63) is 70.8 Å². The van der Waals surface area contributed by atoms with Gasteiger partial charge in [0.05, 0.1) is 12.5 Å². The molecule has 0 saturated carbocycles. The minimum absolute atomic E-state index is 0.0652.